The Morgan fingerprint density at radius 1 is 1.57 bits per heavy atom. The lowest BCUT2D eigenvalue weighted by Crippen LogP contribution is -2.40. The molecule has 0 radical (unpaired) electrons. The van der Waals surface area contributed by atoms with Gasteiger partial charge in [-0.1, -0.05) is 26.2 Å². The van der Waals surface area contributed by atoms with Crippen molar-refractivity contribution in [3.8, 4) is 0 Å². The molecule has 3 nitrogen and oxygen atoms in total. The molecule has 0 aliphatic heterocycles. The zero-order valence-electron chi connectivity index (χ0n) is 9.21. The van der Waals surface area contributed by atoms with E-state index in [1.54, 1.807) is 7.11 Å². The molecular weight excluding hydrogens is 178 g/mol. The maximum Gasteiger partial charge on any atom is 0.246 e. The molecule has 1 fully saturated rings. The molecule has 1 saturated carbocycles. The molecule has 84 valence electrons. The highest BCUT2D eigenvalue weighted by Gasteiger charge is 2.21. The Bertz CT molecular complexity index is 187. The van der Waals surface area contributed by atoms with Crippen LogP contribution in [0.2, 0.25) is 0 Å². The fourth-order valence-corrected chi connectivity index (χ4v) is 2.19. The van der Waals surface area contributed by atoms with Crippen LogP contribution in [0.3, 0.4) is 0 Å². The molecule has 1 N–H and O–H groups in total. The van der Waals surface area contributed by atoms with Gasteiger partial charge in [0.2, 0.25) is 5.91 Å². The molecule has 0 aromatic carbocycles. The first-order valence-corrected chi connectivity index (χ1v) is 5.54. The van der Waals surface area contributed by atoms with E-state index in [-0.39, 0.29) is 13.9 Å². The molecule has 0 bridgehead atoms. The summed E-state index contributed by atoms with van der Waals surface area (Å²) < 4.78 is 4.79. The van der Waals surface area contributed by atoms with Gasteiger partial charge in [-0.25, -0.2) is 0 Å². The highest BCUT2D eigenvalue weighted by atomic mass is 16.5. The van der Waals surface area contributed by atoms with Gasteiger partial charge in [0.25, 0.3) is 0 Å². The third kappa shape index (κ3) is 3.66. The predicted molar refractivity (Wildman–Crippen MR) is 58.2 cm³/mol. The van der Waals surface area contributed by atoms with Crippen molar-refractivity contribution < 1.29 is 11.0 Å². The minimum atomic E-state index is 0. The molecule has 2 atom stereocenters. The van der Waals surface area contributed by atoms with Gasteiger partial charge in [0.05, 0.1) is 0 Å². The quantitative estimate of drug-likeness (QED) is 0.755. The molecule has 1 aliphatic carbocycles. The van der Waals surface area contributed by atoms with Crippen molar-refractivity contribution in [1.29, 1.82) is 0 Å². The maximum absolute atomic E-state index is 11.3. The average molecular weight is 201 g/mol. The van der Waals surface area contributed by atoms with E-state index in [2.05, 4.69) is 12.2 Å². The zero-order valence-corrected chi connectivity index (χ0v) is 9.21. The van der Waals surface area contributed by atoms with Crippen LogP contribution in [-0.4, -0.2) is 25.7 Å². The van der Waals surface area contributed by atoms with Gasteiger partial charge in [-0.15, -0.1) is 0 Å². The Hall–Kier alpha value is -0.570. The van der Waals surface area contributed by atoms with Crippen LogP contribution in [0.25, 0.3) is 0 Å². The summed E-state index contributed by atoms with van der Waals surface area (Å²) in [6.07, 6.45) is 6.08. The third-order valence-electron chi connectivity index (χ3n) is 3.00. The number of hydrogen-bond acceptors (Lipinski definition) is 2. The SMILES string of the molecule is CC[C@H]1CCC[C@@H](NC(=O)COC)C1.[HH]. The average Bonchev–Trinajstić information content (AvgIpc) is 2.18. The molecule has 1 rings (SSSR count). The summed E-state index contributed by atoms with van der Waals surface area (Å²) in [5, 5.41) is 3.02. The maximum atomic E-state index is 11.3. The monoisotopic (exact) mass is 201 g/mol. The van der Waals surface area contributed by atoms with E-state index >= 15 is 0 Å². The van der Waals surface area contributed by atoms with Crippen molar-refractivity contribution in [2.75, 3.05) is 13.7 Å². The molecule has 0 saturated heterocycles. The highest BCUT2D eigenvalue weighted by molar-refractivity contribution is 5.77. The molecule has 0 unspecified atom stereocenters. The number of amides is 1. The lowest BCUT2D eigenvalue weighted by atomic mass is 9.84. The molecule has 0 aromatic rings. The van der Waals surface area contributed by atoms with Crippen molar-refractivity contribution >= 4 is 5.91 Å². The Morgan fingerprint density at radius 2 is 2.36 bits per heavy atom. The molecule has 1 aliphatic rings. The van der Waals surface area contributed by atoms with Crippen LogP contribution in [0.4, 0.5) is 0 Å². The van der Waals surface area contributed by atoms with Crippen molar-refractivity contribution in [2.45, 2.75) is 45.1 Å². The lowest BCUT2D eigenvalue weighted by molar-refractivity contribution is -0.125. The summed E-state index contributed by atoms with van der Waals surface area (Å²) in [6.45, 7) is 2.41. The van der Waals surface area contributed by atoms with Crippen molar-refractivity contribution in [3.63, 3.8) is 0 Å². The van der Waals surface area contributed by atoms with Gasteiger partial charge in [0.15, 0.2) is 0 Å². The van der Waals surface area contributed by atoms with E-state index in [4.69, 9.17) is 4.74 Å². The Kier molecular flexibility index (Phi) is 4.94. The van der Waals surface area contributed by atoms with E-state index in [0.717, 1.165) is 18.8 Å². The van der Waals surface area contributed by atoms with E-state index < -0.39 is 0 Å². The van der Waals surface area contributed by atoms with Gasteiger partial charge in [-0.3, -0.25) is 4.79 Å². The van der Waals surface area contributed by atoms with Crippen LogP contribution in [0, 0.1) is 5.92 Å². The summed E-state index contributed by atoms with van der Waals surface area (Å²) in [5.41, 5.74) is 0. The molecule has 1 amide bonds. The van der Waals surface area contributed by atoms with E-state index in [9.17, 15) is 4.79 Å². The smallest absolute Gasteiger partial charge is 0.246 e. The Labute approximate surface area is 87.7 Å². The molecular formula is C11H23NO2. The number of carbonyl (C=O) groups is 1. The summed E-state index contributed by atoms with van der Waals surface area (Å²) in [6, 6.07) is 0.386. The number of methoxy groups -OCH3 is 1. The van der Waals surface area contributed by atoms with E-state index in [1.807, 2.05) is 0 Å². The van der Waals surface area contributed by atoms with Gasteiger partial charge in [-0.05, 0) is 18.8 Å². The topological polar surface area (TPSA) is 38.3 Å². The first-order chi connectivity index (χ1) is 6.76. The van der Waals surface area contributed by atoms with Crippen LogP contribution in [-0.2, 0) is 9.53 Å². The molecule has 0 heterocycles. The largest absolute Gasteiger partial charge is 0.375 e. The second-order valence-electron chi connectivity index (χ2n) is 4.14. The number of nitrogens with one attached hydrogen (secondary N) is 1. The van der Waals surface area contributed by atoms with E-state index in [0.29, 0.717) is 6.04 Å². The lowest BCUT2D eigenvalue weighted by Gasteiger charge is -2.28. The highest BCUT2D eigenvalue weighted by Crippen LogP contribution is 2.26. The molecule has 3 heteroatoms. The number of rotatable bonds is 4. The zero-order chi connectivity index (χ0) is 10.4. The number of carbonyl (C=O) groups excluding carboxylic acids is 1. The summed E-state index contributed by atoms with van der Waals surface area (Å²) in [4.78, 5) is 11.3. The second-order valence-corrected chi connectivity index (χ2v) is 4.14. The Morgan fingerprint density at radius 3 is 3.00 bits per heavy atom. The third-order valence-corrected chi connectivity index (χ3v) is 3.00. The number of hydrogen-bond donors (Lipinski definition) is 1. The first-order valence-electron chi connectivity index (χ1n) is 5.54. The van der Waals surface area contributed by atoms with Crippen molar-refractivity contribution in [2.24, 2.45) is 5.92 Å². The Balaban J connectivity index is 0.00000196. The van der Waals surface area contributed by atoms with Crippen LogP contribution >= 0.6 is 0 Å². The van der Waals surface area contributed by atoms with Gasteiger partial charge in [-0.2, -0.15) is 0 Å². The minimum Gasteiger partial charge on any atom is -0.375 e. The van der Waals surface area contributed by atoms with Gasteiger partial charge in [0, 0.05) is 14.6 Å². The standard InChI is InChI=1S/C11H21NO2.H2/c1-3-9-5-4-6-10(7-9)12-11(13)8-14-2;/h9-10H,3-8H2,1-2H3,(H,12,13);1H/t9-,10+;/m0./s1. The summed E-state index contributed by atoms with van der Waals surface area (Å²) >= 11 is 0. The van der Waals surface area contributed by atoms with Crippen molar-refractivity contribution in [3.05, 3.63) is 0 Å². The predicted octanol–water partition coefficient (Wildman–Crippen LogP) is 1.96. The van der Waals surface area contributed by atoms with Crippen LogP contribution in [0.1, 0.15) is 40.5 Å². The second kappa shape index (κ2) is 6.02. The first kappa shape index (κ1) is 11.5. The summed E-state index contributed by atoms with van der Waals surface area (Å²) in [7, 11) is 1.55. The van der Waals surface area contributed by atoms with E-state index in [1.165, 1.54) is 19.3 Å². The molecule has 0 spiro atoms. The minimum absolute atomic E-state index is 0. The number of ether oxygens (including phenoxy) is 1. The van der Waals surface area contributed by atoms with Crippen LogP contribution in [0.15, 0.2) is 0 Å². The fourth-order valence-electron chi connectivity index (χ4n) is 2.19. The fraction of sp³-hybridized carbons (Fsp3) is 0.909. The summed E-state index contributed by atoms with van der Waals surface area (Å²) in [5.74, 6) is 0.825. The van der Waals surface area contributed by atoms with Crippen LogP contribution < -0.4 is 5.32 Å². The molecule has 0 aromatic heterocycles. The van der Waals surface area contributed by atoms with Crippen molar-refractivity contribution in [1.82, 2.24) is 5.32 Å². The normalized spacial score (nSPS) is 27.3. The van der Waals surface area contributed by atoms with Gasteiger partial charge in [0.1, 0.15) is 6.61 Å². The van der Waals surface area contributed by atoms with Gasteiger partial charge < -0.3 is 10.1 Å². The molecule has 14 heavy (non-hydrogen) atoms. The van der Waals surface area contributed by atoms with Crippen LogP contribution in [0.5, 0.6) is 0 Å². The van der Waals surface area contributed by atoms with Gasteiger partial charge >= 0.3 is 0 Å².